The largest absolute Gasteiger partial charge is 0.465 e. The van der Waals surface area contributed by atoms with Crippen LogP contribution in [0.5, 0.6) is 0 Å². The first kappa shape index (κ1) is 8.31. The van der Waals surface area contributed by atoms with E-state index in [4.69, 9.17) is 15.1 Å². The Balaban J connectivity index is 2.02. The van der Waals surface area contributed by atoms with E-state index in [1.807, 2.05) is 0 Å². The van der Waals surface area contributed by atoms with E-state index in [2.05, 4.69) is 10.5 Å². The summed E-state index contributed by atoms with van der Waals surface area (Å²) in [6, 6.07) is 0. The summed E-state index contributed by atoms with van der Waals surface area (Å²) in [4.78, 5) is 10.4. The normalized spacial score (nSPS) is 41.8. The standard InChI is InChI=1S/C7H10N2O4/c10-5(11)9-6-1-7(2-6,3-8-12)13-4-6/h3,9,12H,1-2,4H2,(H,10,11). The first-order valence-corrected chi connectivity index (χ1v) is 3.94. The lowest BCUT2D eigenvalue weighted by Crippen LogP contribution is -2.60. The third-order valence-corrected chi connectivity index (χ3v) is 2.58. The Hall–Kier alpha value is -1.30. The van der Waals surface area contributed by atoms with Crippen molar-refractivity contribution in [2.24, 2.45) is 5.16 Å². The van der Waals surface area contributed by atoms with Gasteiger partial charge in [0.25, 0.3) is 0 Å². The van der Waals surface area contributed by atoms with Crippen molar-refractivity contribution in [3.63, 3.8) is 0 Å². The number of hydrogen-bond donors (Lipinski definition) is 3. The van der Waals surface area contributed by atoms with E-state index in [0.29, 0.717) is 19.4 Å². The molecule has 0 aromatic carbocycles. The summed E-state index contributed by atoms with van der Waals surface area (Å²) in [5.41, 5.74) is -0.982. The summed E-state index contributed by atoms with van der Waals surface area (Å²) in [7, 11) is 0. The minimum Gasteiger partial charge on any atom is -0.465 e. The Kier molecular flexibility index (Phi) is 1.50. The molecule has 6 nitrogen and oxygen atoms in total. The van der Waals surface area contributed by atoms with Gasteiger partial charge >= 0.3 is 6.09 Å². The molecule has 1 saturated carbocycles. The second-order valence-electron chi connectivity index (χ2n) is 3.66. The van der Waals surface area contributed by atoms with Crippen molar-refractivity contribution in [3.05, 3.63) is 0 Å². The quantitative estimate of drug-likeness (QED) is 0.322. The summed E-state index contributed by atoms with van der Waals surface area (Å²) in [5, 5.41) is 22.2. The topological polar surface area (TPSA) is 91.2 Å². The molecule has 72 valence electrons. The van der Waals surface area contributed by atoms with Gasteiger partial charge in [-0.3, -0.25) is 0 Å². The van der Waals surface area contributed by atoms with Gasteiger partial charge in [0.2, 0.25) is 0 Å². The van der Waals surface area contributed by atoms with Crippen LogP contribution in [0.25, 0.3) is 0 Å². The van der Waals surface area contributed by atoms with E-state index < -0.39 is 17.2 Å². The van der Waals surface area contributed by atoms with Gasteiger partial charge < -0.3 is 20.4 Å². The van der Waals surface area contributed by atoms with Crippen LogP contribution >= 0.6 is 0 Å². The van der Waals surface area contributed by atoms with Crippen LogP contribution in [-0.2, 0) is 4.74 Å². The van der Waals surface area contributed by atoms with Gasteiger partial charge in [0, 0.05) is 12.8 Å². The summed E-state index contributed by atoms with van der Waals surface area (Å²) in [6.45, 7) is 0.353. The van der Waals surface area contributed by atoms with Gasteiger partial charge in [-0.25, -0.2) is 4.79 Å². The zero-order valence-corrected chi connectivity index (χ0v) is 6.86. The molecule has 3 rings (SSSR count). The fraction of sp³-hybridized carbons (Fsp3) is 0.714. The molecule has 2 saturated heterocycles. The molecule has 0 unspecified atom stereocenters. The van der Waals surface area contributed by atoms with Gasteiger partial charge in [0.05, 0.1) is 18.4 Å². The van der Waals surface area contributed by atoms with Crippen LogP contribution in [0.1, 0.15) is 12.8 Å². The van der Waals surface area contributed by atoms with Crippen molar-refractivity contribution in [1.82, 2.24) is 5.32 Å². The summed E-state index contributed by atoms with van der Waals surface area (Å²) >= 11 is 0. The smallest absolute Gasteiger partial charge is 0.405 e. The zero-order chi connectivity index (χ0) is 9.53. The number of nitrogens with one attached hydrogen (secondary N) is 1. The number of nitrogens with zero attached hydrogens (tertiary/aromatic N) is 1. The maximum atomic E-state index is 10.4. The van der Waals surface area contributed by atoms with Gasteiger partial charge in [-0.1, -0.05) is 5.16 Å². The second-order valence-corrected chi connectivity index (χ2v) is 3.66. The van der Waals surface area contributed by atoms with Crippen LogP contribution in [0.3, 0.4) is 0 Å². The molecule has 2 heterocycles. The number of oxime groups is 1. The third kappa shape index (κ3) is 1.14. The maximum Gasteiger partial charge on any atom is 0.405 e. The monoisotopic (exact) mass is 186 g/mol. The second kappa shape index (κ2) is 2.35. The average Bonchev–Trinajstić information content (AvgIpc) is 2.41. The zero-order valence-electron chi connectivity index (χ0n) is 6.86. The summed E-state index contributed by atoms with van der Waals surface area (Å²) in [6.07, 6.45) is 1.38. The number of ether oxygens (including phenoxy) is 1. The minimum atomic E-state index is -1.04. The molecular formula is C7H10N2O4. The highest BCUT2D eigenvalue weighted by atomic mass is 16.5. The molecule has 6 heteroatoms. The molecule has 1 amide bonds. The number of fused-ring (bicyclic) bond motifs is 1. The van der Waals surface area contributed by atoms with Crippen molar-refractivity contribution in [2.45, 2.75) is 24.0 Å². The SMILES string of the molecule is O=C(O)NC12COC(C=NO)(C1)C2. The van der Waals surface area contributed by atoms with Crippen LogP contribution in [0, 0.1) is 0 Å². The van der Waals surface area contributed by atoms with Crippen molar-refractivity contribution in [1.29, 1.82) is 0 Å². The Bertz CT molecular complexity index is 270. The summed E-state index contributed by atoms with van der Waals surface area (Å²) < 4.78 is 5.32. The van der Waals surface area contributed by atoms with Gasteiger partial charge in [-0.05, 0) is 0 Å². The molecule has 3 fully saturated rings. The molecule has 3 aliphatic rings. The van der Waals surface area contributed by atoms with E-state index in [0.717, 1.165) is 0 Å². The molecular weight excluding hydrogens is 176 g/mol. The van der Waals surface area contributed by atoms with E-state index in [1.165, 1.54) is 6.21 Å². The molecule has 2 aliphatic heterocycles. The molecule has 2 bridgehead atoms. The minimum absolute atomic E-state index is 0.353. The third-order valence-electron chi connectivity index (χ3n) is 2.58. The molecule has 13 heavy (non-hydrogen) atoms. The van der Waals surface area contributed by atoms with Crippen molar-refractivity contribution in [2.75, 3.05) is 6.61 Å². The van der Waals surface area contributed by atoms with Crippen molar-refractivity contribution >= 4 is 12.3 Å². The predicted octanol–water partition coefficient (Wildman–Crippen LogP) is 0.0156. The number of carbonyl (C=O) groups is 1. The van der Waals surface area contributed by atoms with E-state index >= 15 is 0 Å². The highest BCUT2D eigenvalue weighted by Crippen LogP contribution is 2.50. The molecule has 0 atom stereocenters. The number of carboxylic acid groups (broad SMARTS) is 1. The summed E-state index contributed by atoms with van der Waals surface area (Å²) in [5.74, 6) is 0. The maximum absolute atomic E-state index is 10.4. The lowest BCUT2D eigenvalue weighted by Gasteiger charge is -2.41. The first-order valence-electron chi connectivity index (χ1n) is 3.94. The Morgan fingerprint density at radius 1 is 1.62 bits per heavy atom. The van der Waals surface area contributed by atoms with E-state index in [9.17, 15) is 4.79 Å². The van der Waals surface area contributed by atoms with Crippen LogP contribution in [0.4, 0.5) is 4.79 Å². The highest BCUT2D eigenvalue weighted by Gasteiger charge is 2.63. The Labute approximate surface area is 74.2 Å². The number of amides is 1. The molecule has 0 aromatic heterocycles. The van der Waals surface area contributed by atoms with E-state index in [1.54, 1.807) is 0 Å². The number of rotatable bonds is 2. The molecule has 0 aromatic rings. The fourth-order valence-electron chi connectivity index (χ4n) is 2.16. The number of hydrogen-bond acceptors (Lipinski definition) is 4. The van der Waals surface area contributed by atoms with E-state index in [-0.39, 0.29) is 0 Å². The van der Waals surface area contributed by atoms with Gasteiger partial charge in [-0.15, -0.1) is 0 Å². The first-order chi connectivity index (χ1) is 6.10. The Morgan fingerprint density at radius 2 is 2.31 bits per heavy atom. The molecule has 0 spiro atoms. The van der Waals surface area contributed by atoms with Crippen LogP contribution in [0.2, 0.25) is 0 Å². The average molecular weight is 186 g/mol. The van der Waals surface area contributed by atoms with Crippen LogP contribution in [-0.4, -0.2) is 40.4 Å². The fourth-order valence-corrected chi connectivity index (χ4v) is 2.16. The molecule has 1 aliphatic carbocycles. The lowest BCUT2D eigenvalue weighted by atomic mass is 9.69. The Morgan fingerprint density at radius 3 is 2.85 bits per heavy atom. The molecule has 3 N–H and O–H groups in total. The van der Waals surface area contributed by atoms with Gasteiger partial charge in [-0.2, -0.15) is 0 Å². The highest BCUT2D eigenvalue weighted by molar-refractivity contribution is 5.74. The lowest BCUT2D eigenvalue weighted by molar-refractivity contribution is 0.0625. The molecule has 0 radical (unpaired) electrons. The predicted molar refractivity (Wildman–Crippen MR) is 42.1 cm³/mol. The van der Waals surface area contributed by atoms with Crippen molar-refractivity contribution < 1.29 is 19.8 Å². The van der Waals surface area contributed by atoms with Gasteiger partial charge in [0.1, 0.15) is 5.60 Å². The van der Waals surface area contributed by atoms with Crippen LogP contribution in [0.15, 0.2) is 5.16 Å². The van der Waals surface area contributed by atoms with Crippen LogP contribution < -0.4 is 5.32 Å². The van der Waals surface area contributed by atoms with Gasteiger partial charge in [0.15, 0.2) is 0 Å². The van der Waals surface area contributed by atoms with Crippen molar-refractivity contribution in [3.8, 4) is 0 Å².